The minimum absolute atomic E-state index is 0.189. The van der Waals surface area contributed by atoms with E-state index in [1.54, 1.807) is 42.4 Å². The highest BCUT2D eigenvalue weighted by Crippen LogP contribution is 2.22. The summed E-state index contributed by atoms with van der Waals surface area (Å²) in [6.07, 6.45) is 3.14. The van der Waals surface area contributed by atoms with Crippen molar-refractivity contribution in [2.24, 2.45) is 13.0 Å². The number of carbonyl (C=O) groups is 2. The molecule has 1 aromatic carbocycles. The second kappa shape index (κ2) is 8.80. The smallest absolute Gasteiger partial charge is 0.263 e. The molecule has 2 aromatic rings. The summed E-state index contributed by atoms with van der Waals surface area (Å²) in [4.78, 5) is 38.7. The first-order valence-corrected chi connectivity index (χ1v) is 9.80. The second-order valence-electron chi connectivity index (χ2n) is 6.91. The van der Waals surface area contributed by atoms with Gasteiger partial charge in [0.05, 0.1) is 10.6 Å². The van der Waals surface area contributed by atoms with Crippen molar-refractivity contribution in [3.8, 4) is 0 Å². The molecule has 1 aliphatic rings. The predicted molar refractivity (Wildman–Crippen MR) is 109 cm³/mol. The van der Waals surface area contributed by atoms with E-state index in [0.29, 0.717) is 35.2 Å². The third-order valence-corrected chi connectivity index (χ3v) is 5.53. The number of rotatable bonds is 4. The van der Waals surface area contributed by atoms with E-state index in [1.165, 1.54) is 10.6 Å². The monoisotopic (exact) mass is 421 g/mol. The first-order valence-electron chi connectivity index (χ1n) is 9.05. The molecule has 2 heterocycles. The van der Waals surface area contributed by atoms with Gasteiger partial charge in [-0.2, -0.15) is 0 Å². The standard InChI is InChI=1S/C20H21Cl2N3O3/c1-24-8-2-3-16(19(24)27)20(28)25-9-6-13(7-10-25)12-23-18(26)15-5-4-14(21)11-17(15)22/h2-5,8,11,13H,6-7,9-10,12H2,1H3,(H,23,26). The molecule has 8 heteroatoms. The number of pyridine rings is 1. The minimum atomic E-state index is -0.290. The van der Waals surface area contributed by atoms with Crippen molar-refractivity contribution in [1.29, 1.82) is 0 Å². The Balaban J connectivity index is 1.53. The van der Waals surface area contributed by atoms with Gasteiger partial charge in [0.15, 0.2) is 0 Å². The Morgan fingerprint density at radius 2 is 1.86 bits per heavy atom. The van der Waals surface area contributed by atoms with Crippen LogP contribution < -0.4 is 10.9 Å². The molecule has 2 amide bonds. The van der Waals surface area contributed by atoms with E-state index in [0.717, 1.165) is 12.8 Å². The molecule has 3 rings (SSSR count). The molecule has 1 saturated heterocycles. The van der Waals surface area contributed by atoms with Crippen molar-refractivity contribution in [2.75, 3.05) is 19.6 Å². The van der Waals surface area contributed by atoms with Crippen LogP contribution in [0.2, 0.25) is 10.0 Å². The number of likely N-dealkylation sites (tertiary alicyclic amines) is 1. The van der Waals surface area contributed by atoms with Crippen LogP contribution in [-0.2, 0) is 7.05 Å². The number of aryl methyl sites for hydroxylation is 1. The molecule has 0 unspecified atom stereocenters. The summed E-state index contributed by atoms with van der Waals surface area (Å²) in [5, 5.41) is 3.69. The van der Waals surface area contributed by atoms with Crippen LogP contribution in [0.3, 0.4) is 0 Å². The lowest BCUT2D eigenvalue weighted by Gasteiger charge is -2.32. The van der Waals surface area contributed by atoms with Gasteiger partial charge in [0, 0.05) is 37.9 Å². The maximum atomic E-state index is 12.6. The molecule has 1 aliphatic heterocycles. The van der Waals surface area contributed by atoms with Crippen molar-refractivity contribution >= 4 is 35.0 Å². The van der Waals surface area contributed by atoms with Gasteiger partial charge < -0.3 is 14.8 Å². The maximum absolute atomic E-state index is 12.6. The number of hydrogen-bond acceptors (Lipinski definition) is 3. The molecule has 1 fully saturated rings. The zero-order chi connectivity index (χ0) is 20.3. The van der Waals surface area contributed by atoms with Crippen LogP contribution >= 0.6 is 23.2 Å². The molecule has 0 bridgehead atoms. The average molecular weight is 422 g/mol. The Kier molecular flexibility index (Phi) is 6.42. The van der Waals surface area contributed by atoms with Gasteiger partial charge in [0.1, 0.15) is 5.56 Å². The molecule has 1 aromatic heterocycles. The van der Waals surface area contributed by atoms with E-state index in [4.69, 9.17) is 23.2 Å². The van der Waals surface area contributed by atoms with Gasteiger partial charge in [0.25, 0.3) is 17.4 Å². The summed E-state index contributed by atoms with van der Waals surface area (Å²) >= 11 is 11.9. The number of amides is 2. The number of aromatic nitrogens is 1. The second-order valence-corrected chi connectivity index (χ2v) is 7.75. The highest BCUT2D eigenvalue weighted by molar-refractivity contribution is 6.36. The molecule has 28 heavy (non-hydrogen) atoms. The lowest BCUT2D eigenvalue weighted by Crippen LogP contribution is -2.43. The lowest BCUT2D eigenvalue weighted by molar-refractivity contribution is 0.0682. The van der Waals surface area contributed by atoms with E-state index >= 15 is 0 Å². The van der Waals surface area contributed by atoms with Crippen molar-refractivity contribution < 1.29 is 9.59 Å². The Labute approximate surface area is 173 Å². The summed E-state index contributed by atoms with van der Waals surface area (Å²) in [7, 11) is 1.63. The lowest BCUT2D eigenvalue weighted by atomic mass is 9.96. The number of carbonyl (C=O) groups excluding carboxylic acids is 2. The van der Waals surface area contributed by atoms with E-state index < -0.39 is 0 Å². The highest BCUT2D eigenvalue weighted by Gasteiger charge is 2.25. The Morgan fingerprint density at radius 1 is 1.14 bits per heavy atom. The topological polar surface area (TPSA) is 71.4 Å². The molecule has 0 aliphatic carbocycles. The van der Waals surface area contributed by atoms with Gasteiger partial charge in [-0.25, -0.2) is 0 Å². The predicted octanol–water partition coefficient (Wildman–Crippen LogP) is 2.97. The molecule has 148 valence electrons. The van der Waals surface area contributed by atoms with Gasteiger partial charge in [-0.15, -0.1) is 0 Å². The van der Waals surface area contributed by atoms with Crippen molar-refractivity contribution in [3.63, 3.8) is 0 Å². The van der Waals surface area contributed by atoms with E-state index in [1.807, 2.05) is 0 Å². The fourth-order valence-electron chi connectivity index (χ4n) is 3.28. The van der Waals surface area contributed by atoms with Crippen LogP contribution in [0.5, 0.6) is 0 Å². The van der Waals surface area contributed by atoms with Gasteiger partial charge in [-0.1, -0.05) is 23.2 Å². The summed E-state index contributed by atoms with van der Waals surface area (Å²) in [5.41, 5.74) is 0.287. The quantitative estimate of drug-likeness (QED) is 0.824. The molecule has 0 spiro atoms. The molecule has 0 saturated carbocycles. The molecular weight excluding hydrogens is 401 g/mol. The van der Waals surface area contributed by atoms with Crippen LogP contribution in [0.4, 0.5) is 0 Å². The summed E-state index contributed by atoms with van der Waals surface area (Å²) in [6, 6.07) is 8.02. The van der Waals surface area contributed by atoms with Crippen molar-refractivity contribution in [2.45, 2.75) is 12.8 Å². The first-order chi connectivity index (χ1) is 13.4. The van der Waals surface area contributed by atoms with E-state index in [9.17, 15) is 14.4 Å². The van der Waals surface area contributed by atoms with Gasteiger partial charge in [-0.05, 0) is 49.1 Å². The van der Waals surface area contributed by atoms with Crippen LogP contribution in [0.1, 0.15) is 33.6 Å². The van der Waals surface area contributed by atoms with Crippen molar-refractivity contribution in [1.82, 2.24) is 14.8 Å². The van der Waals surface area contributed by atoms with E-state index in [2.05, 4.69) is 5.32 Å². The van der Waals surface area contributed by atoms with Gasteiger partial charge in [-0.3, -0.25) is 14.4 Å². The minimum Gasteiger partial charge on any atom is -0.352 e. The molecular formula is C20H21Cl2N3O3. The normalized spacial score (nSPS) is 14.8. The number of nitrogens with one attached hydrogen (secondary N) is 1. The number of halogens is 2. The Bertz CT molecular complexity index is 950. The number of benzene rings is 1. The van der Waals surface area contributed by atoms with Crippen LogP contribution in [-0.4, -0.2) is 40.9 Å². The number of hydrogen-bond donors (Lipinski definition) is 1. The molecule has 6 nitrogen and oxygen atoms in total. The van der Waals surface area contributed by atoms with Gasteiger partial charge in [0.2, 0.25) is 0 Å². The third-order valence-electron chi connectivity index (χ3n) is 4.98. The van der Waals surface area contributed by atoms with Crippen LogP contribution in [0, 0.1) is 5.92 Å². The van der Waals surface area contributed by atoms with Gasteiger partial charge >= 0.3 is 0 Å². The zero-order valence-electron chi connectivity index (χ0n) is 15.5. The molecule has 0 radical (unpaired) electrons. The van der Waals surface area contributed by atoms with Crippen LogP contribution in [0.15, 0.2) is 41.3 Å². The SMILES string of the molecule is Cn1cccc(C(=O)N2CCC(CNC(=O)c3ccc(Cl)cc3Cl)CC2)c1=O. The third kappa shape index (κ3) is 4.56. The van der Waals surface area contributed by atoms with E-state index in [-0.39, 0.29) is 28.9 Å². The molecule has 0 atom stereocenters. The highest BCUT2D eigenvalue weighted by atomic mass is 35.5. The zero-order valence-corrected chi connectivity index (χ0v) is 17.0. The van der Waals surface area contributed by atoms with Crippen LogP contribution in [0.25, 0.3) is 0 Å². The maximum Gasteiger partial charge on any atom is 0.263 e. The van der Waals surface area contributed by atoms with Crippen molar-refractivity contribution in [3.05, 3.63) is 68.1 Å². The number of piperidine rings is 1. The summed E-state index contributed by atoms with van der Waals surface area (Å²) in [5.74, 6) is -0.220. The fourth-order valence-corrected chi connectivity index (χ4v) is 3.77. The largest absolute Gasteiger partial charge is 0.352 e. The Morgan fingerprint density at radius 3 is 2.54 bits per heavy atom. The summed E-state index contributed by atoms with van der Waals surface area (Å²) in [6.45, 7) is 1.62. The Hall–Kier alpha value is -2.31. The molecule has 1 N–H and O–H groups in total. The number of nitrogens with zero attached hydrogens (tertiary/aromatic N) is 2. The fraction of sp³-hybridized carbons (Fsp3) is 0.350. The average Bonchev–Trinajstić information content (AvgIpc) is 2.68. The summed E-state index contributed by atoms with van der Waals surface area (Å²) < 4.78 is 1.40. The first kappa shape index (κ1) is 20.4.